The normalized spacial score (nSPS) is 10.8. The lowest BCUT2D eigenvalue weighted by Crippen LogP contribution is -2.30. The maximum absolute atomic E-state index is 12.2. The SMILES string of the molecule is NCCCCN(CCC(=O)c1cnccn1)CCC(=O)c1cnccn1. The molecular weight excluding hydrogens is 332 g/mol. The summed E-state index contributed by atoms with van der Waals surface area (Å²) in [6.07, 6.45) is 11.5. The Balaban J connectivity index is 1.86. The number of unbranched alkanes of at least 4 members (excludes halogenated alkanes) is 1. The number of carbonyl (C=O) groups excluding carboxylic acids is 2. The summed E-state index contributed by atoms with van der Waals surface area (Å²) in [5.74, 6) is -0.107. The van der Waals surface area contributed by atoms with Crippen LogP contribution >= 0.6 is 0 Å². The van der Waals surface area contributed by atoms with E-state index < -0.39 is 0 Å². The van der Waals surface area contributed by atoms with E-state index in [2.05, 4.69) is 24.8 Å². The van der Waals surface area contributed by atoms with Gasteiger partial charge in [0.25, 0.3) is 0 Å². The minimum atomic E-state index is -0.0535. The molecular formula is C18H24N6O2. The van der Waals surface area contributed by atoms with Gasteiger partial charge in [0, 0.05) is 50.7 Å². The molecule has 0 aliphatic heterocycles. The molecule has 0 amide bonds. The first-order chi connectivity index (χ1) is 12.7. The van der Waals surface area contributed by atoms with Crippen LogP contribution in [0.3, 0.4) is 0 Å². The van der Waals surface area contributed by atoms with Crippen molar-refractivity contribution < 1.29 is 9.59 Å². The second-order valence-electron chi connectivity index (χ2n) is 5.87. The lowest BCUT2D eigenvalue weighted by molar-refractivity contribution is 0.0941. The molecule has 0 aliphatic rings. The van der Waals surface area contributed by atoms with E-state index in [-0.39, 0.29) is 11.6 Å². The summed E-state index contributed by atoms with van der Waals surface area (Å²) in [5.41, 5.74) is 6.29. The number of carbonyl (C=O) groups is 2. The van der Waals surface area contributed by atoms with Gasteiger partial charge in [-0.25, -0.2) is 9.97 Å². The zero-order valence-electron chi connectivity index (χ0n) is 14.8. The van der Waals surface area contributed by atoms with Gasteiger partial charge in [-0.05, 0) is 25.9 Å². The van der Waals surface area contributed by atoms with Crippen molar-refractivity contribution in [2.75, 3.05) is 26.2 Å². The van der Waals surface area contributed by atoms with E-state index in [1.165, 1.54) is 37.2 Å². The molecule has 0 saturated carbocycles. The van der Waals surface area contributed by atoms with E-state index in [0.29, 0.717) is 43.9 Å². The Labute approximate surface area is 152 Å². The number of hydrogen-bond acceptors (Lipinski definition) is 8. The monoisotopic (exact) mass is 356 g/mol. The molecule has 2 N–H and O–H groups in total. The van der Waals surface area contributed by atoms with Gasteiger partial charge in [-0.15, -0.1) is 0 Å². The Hall–Kier alpha value is -2.58. The highest BCUT2D eigenvalue weighted by molar-refractivity contribution is 5.94. The van der Waals surface area contributed by atoms with Crippen molar-refractivity contribution in [3.8, 4) is 0 Å². The molecule has 2 aromatic rings. The molecule has 0 fully saturated rings. The molecule has 0 aliphatic carbocycles. The van der Waals surface area contributed by atoms with Gasteiger partial charge in [-0.2, -0.15) is 0 Å². The Morgan fingerprint density at radius 3 is 1.77 bits per heavy atom. The standard InChI is InChI=1S/C18H24N6O2/c19-5-1-2-10-24(11-3-17(25)15-13-20-6-8-22-15)12-4-18(26)16-14-21-7-9-23-16/h6-9,13-14H,1-5,10-12,19H2. The van der Waals surface area contributed by atoms with Gasteiger partial charge in [0.15, 0.2) is 11.6 Å². The first-order valence-corrected chi connectivity index (χ1v) is 8.71. The predicted octanol–water partition coefficient (Wildman–Crippen LogP) is 1.15. The van der Waals surface area contributed by atoms with Crippen LogP contribution in [-0.2, 0) is 0 Å². The predicted molar refractivity (Wildman–Crippen MR) is 96.7 cm³/mol. The number of ketones is 2. The molecule has 138 valence electrons. The molecule has 0 spiro atoms. The molecule has 0 bridgehead atoms. The third-order valence-electron chi connectivity index (χ3n) is 3.94. The molecule has 0 aromatic carbocycles. The van der Waals surface area contributed by atoms with Crippen LogP contribution in [0.4, 0.5) is 0 Å². The lowest BCUT2D eigenvalue weighted by Gasteiger charge is -2.21. The molecule has 0 radical (unpaired) electrons. The molecule has 8 nitrogen and oxygen atoms in total. The van der Waals surface area contributed by atoms with Crippen LogP contribution in [0, 0.1) is 0 Å². The van der Waals surface area contributed by atoms with Gasteiger partial charge in [0.05, 0.1) is 12.4 Å². The van der Waals surface area contributed by atoms with Crippen molar-refractivity contribution in [2.45, 2.75) is 25.7 Å². The Bertz CT molecular complexity index is 625. The van der Waals surface area contributed by atoms with Crippen molar-refractivity contribution in [3.63, 3.8) is 0 Å². The van der Waals surface area contributed by atoms with Crippen LogP contribution in [0.1, 0.15) is 46.7 Å². The van der Waals surface area contributed by atoms with Crippen LogP contribution in [0.2, 0.25) is 0 Å². The van der Waals surface area contributed by atoms with E-state index in [9.17, 15) is 9.59 Å². The Morgan fingerprint density at radius 2 is 1.35 bits per heavy atom. The zero-order chi connectivity index (χ0) is 18.6. The smallest absolute Gasteiger partial charge is 0.184 e. The quantitative estimate of drug-likeness (QED) is 0.445. The van der Waals surface area contributed by atoms with Crippen molar-refractivity contribution >= 4 is 11.6 Å². The highest BCUT2D eigenvalue weighted by Crippen LogP contribution is 2.05. The van der Waals surface area contributed by atoms with E-state index >= 15 is 0 Å². The number of Topliss-reactive ketones (excluding diaryl/α,β-unsaturated/α-hetero) is 2. The number of aromatic nitrogens is 4. The van der Waals surface area contributed by atoms with Crippen molar-refractivity contribution in [3.05, 3.63) is 48.6 Å². The first-order valence-electron chi connectivity index (χ1n) is 8.71. The van der Waals surface area contributed by atoms with Crippen molar-refractivity contribution in [2.24, 2.45) is 5.73 Å². The van der Waals surface area contributed by atoms with Crippen LogP contribution in [-0.4, -0.2) is 62.6 Å². The van der Waals surface area contributed by atoms with Gasteiger partial charge in [0.2, 0.25) is 0 Å². The summed E-state index contributed by atoms with van der Waals surface area (Å²) in [4.78, 5) is 42.4. The number of nitrogens with two attached hydrogens (primary N) is 1. The third-order valence-corrected chi connectivity index (χ3v) is 3.94. The molecule has 2 aromatic heterocycles. The number of rotatable bonds is 12. The van der Waals surface area contributed by atoms with Crippen LogP contribution < -0.4 is 5.73 Å². The Morgan fingerprint density at radius 1 is 0.808 bits per heavy atom. The van der Waals surface area contributed by atoms with E-state index in [4.69, 9.17) is 5.73 Å². The lowest BCUT2D eigenvalue weighted by atomic mass is 10.1. The van der Waals surface area contributed by atoms with E-state index in [1.807, 2.05) is 0 Å². The fraction of sp³-hybridized carbons (Fsp3) is 0.444. The minimum Gasteiger partial charge on any atom is -0.330 e. The molecule has 2 rings (SSSR count). The molecule has 0 unspecified atom stereocenters. The summed E-state index contributed by atoms with van der Waals surface area (Å²) in [6.45, 7) is 2.55. The molecule has 0 atom stereocenters. The zero-order valence-corrected chi connectivity index (χ0v) is 14.8. The third kappa shape index (κ3) is 6.73. The van der Waals surface area contributed by atoms with Crippen molar-refractivity contribution in [1.29, 1.82) is 0 Å². The first kappa shape index (κ1) is 19.7. The van der Waals surface area contributed by atoms with Gasteiger partial charge in [0.1, 0.15) is 11.4 Å². The second-order valence-corrected chi connectivity index (χ2v) is 5.87. The summed E-state index contributed by atoms with van der Waals surface area (Å²) in [6, 6.07) is 0. The van der Waals surface area contributed by atoms with Gasteiger partial charge >= 0.3 is 0 Å². The minimum absolute atomic E-state index is 0.0535. The van der Waals surface area contributed by atoms with Crippen LogP contribution in [0.25, 0.3) is 0 Å². The topological polar surface area (TPSA) is 115 Å². The summed E-state index contributed by atoms with van der Waals surface area (Å²) >= 11 is 0. The van der Waals surface area contributed by atoms with Gasteiger partial charge in [-0.1, -0.05) is 0 Å². The highest BCUT2D eigenvalue weighted by Gasteiger charge is 2.14. The molecule has 26 heavy (non-hydrogen) atoms. The highest BCUT2D eigenvalue weighted by atomic mass is 16.1. The maximum atomic E-state index is 12.2. The summed E-state index contributed by atoms with van der Waals surface area (Å²) < 4.78 is 0. The van der Waals surface area contributed by atoms with Gasteiger partial charge in [-0.3, -0.25) is 19.6 Å². The van der Waals surface area contributed by atoms with Crippen molar-refractivity contribution in [1.82, 2.24) is 24.8 Å². The summed E-state index contributed by atoms with van der Waals surface area (Å²) in [5, 5.41) is 0. The van der Waals surface area contributed by atoms with E-state index in [1.54, 1.807) is 0 Å². The fourth-order valence-corrected chi connectivity index (χ4v) is 2.48. The number of hydrogen-bond donors (Lipinski definition) is 1. The fourth-order valence-electron chi connectivity index (χ4n) is 2.48. The van der Waals surface area contributed by atoms with Crippen LogP contribution in [0.15, 0.2) is 37.2 Å². The Kier molecular flexibility index (Phi) is 8.44. The maximum Gasteiger partial charge on any atom is 0.184 e. The van der Waals surface area contributed by atoms with Crippen LogP contribution in [0.5, 0.6) is 0 Å². The average molecular weight is 356 g/mol. The number of nitrogens with zero attached hydrogens (tertiary/aromatic N) is 5. The largest absolute Gasteiger partial charge is 0.330 e. The van der Waals surface area contributed by atoms with E-state index in [0.717, 1.165) is 19.4 Å². The summed E-state index contributed by atoms with van der Waals surface area (Å²) in [7, 11) is 0. The second kappa shape index (κ2) is 11.1. The van der Waals surface area contributed by atoms with Gasteiger partial charge < -0.3 is 10.6 Å². The average Bonchev–Trinajstić information content (AvgIpc) is 2.70. The molecule has 2 heterocycles. The molecule has 0 saturated heterocycles. The molecule has 8 heteroatoms.